The zero-order chi connectivity index (χ0) is 21.6. The summed E-state index contributed by atoms with van der Waals surface area (Å²) in [6.07, 6.45) is 3.47. The van der Waals surface area contributed by atoms with E-state index in [9.17, 15) is 4.39 Å². The van der Waals surface area contributed by atoms with Gasteiger partial charge in [-0.15, -0.1) is 0 Å². The third kappa shape index (κ3) is 5.09. The molecule has 3 aromatic rings. The minimum atomic E-state index is -0.485. The molecule has 0 atom stereocenters. The average Bonchev–Trinajstić information content (AvgIpc) is 3.16. The molecule has 0 aliphatic carbocycles. The van der Waals surface area contributed by atoms with Crippen LogP contribution in [-0.2, 0) is 9.57 Å². The largest absolute Gasteiger partial charge is 0.435 e. The molecule has 0 amide bonds. The number of aromatic amines is 1. The topological polar surface area (TPSA) is 111 Å². The molecule has 0 unspecified atom stereocenters. The van der Waals surface area contributed by atoms with Crippen LogP contribution in [0, 0.1) is 12.7 Å². The molecule has 3 heterocycles. The molecule has 31 heavy (non-hydrogen) atoms. The number of aromatic nitrogens is 3. The predicted molar refractivity (Wildman–Crippen MR) is 115 cm³/mol. The first-order valence-corrected chi connectivity index (χ1v) is 10.1. The summed E-state index contributed by atoms with van der Waals surface area (Å²) in [5.74, 6) is -0.199. The van der Waals surface area contributed by atoms with Gasteiger partial charge in [0.25, 0.3) is 0 Å². The number of H-pyrrole nitrogens is 1. The molecule has 4 rings (SSSR count). The van der Waals surface area contributed by atoms with Gasteiger partial charge in [-0.1, -0.05) is 5.16 Å². The van der Waals surface area contributed by atoms with Crippen LogP contribution in [0.5, 0.6) is 11.6 Å². The number of oxime groups is 1. The first-order chi connectivity index (χ1) is 15.1. The summed E-state index contributed by atoms with van der Waals surface area (Å²) in [7, 11) is 0. The summed E-state index contributed by atoms with van der Waals surface area (Å²) in [4.78, 5) is 18.8. The van der Waals surface area contributed by atoms with Gasteiger partial charge >= 0.3 is 0 Å². The highest BCUT2D eigenvalue weighted by Gasteiger charge is 2.15. The maximum absolute atomic E-state index is 14.9. The van der Waals surface area contributed by atoms with E-state index in [1.807, 2.05) is 6.92 Å². The summed E-state index contributed by atoms with van der Waals surface area (Å²) in [5, 5.41) is 4.40. The normalized spacial score (nSPS) is 15.0. The number of nitrogen functional groups attached to an aromatic ring is 1. The Morgan fingerprint density at radius 1 is 1.32 bits per heavy atom. The molecular weight excluding hydrogens is 403 g/mol. The molecule has 0 spiro atoms. The minimum Gasteiger partial charge on any atom is -0.435 e. The Hall–Kier alpha value is -3.24. The predicted octanol–water partition coefficient (Wildman–Crippen LogP) is 2.85. The van der Waals surface area contributed by atoms with Crippen LogP contribution in [0.25, 0.3) is 10.9 Å². The first kappa shape index (κ1) is 21.0. The van der Waals surface area contributed by atoms with E-state index in [1.165, 1.54) is 18.6 Å². The van der Waals surface area contributed by atoms with Crippen molar-refractivity contribution in [2.45, 2.75) is 13.3 Å². The molecule has 1 aliphatic rings. The monoisotopic (exact) mass is 428 g/mol. The number of hydrogen-bond donors (Lipinski definition) is 2. The van der Waals surface area contributed by atoms with Gasteiger partial charge in [-0.05, 0) is 31.5 Å². The summed E-state index contributed by atoms with van der Waals surface area (Å²) in [6.45, 7) is 6.65. The molecule has 3 N–H and O–H groups in total. The van der Waals surface area contributed by atoms with Gasteiger partial charge in [-0.2, -0.15) is 0 Å². The standard InChI is InChI=1S/C21H25FN6O3/c1-14-11-15-17(27-14)3-4-18(19(15)22)31-21-16(20(23)24-13-25-21)12-26-30-8-2-5-28-6-9-29-10-7-28/h3-4,11-13,27H,2,5-10H2,1H3,(H2,23,24,25)/b26-12+. The van der Waals surface area contributed by atoms with Crippen LogP contribution in [-0.4, -0.2) is 65.5 Å². The lowest BCUT2D eigenvalue weighted by molar-refractivity contribution is 0.0323. The first-order valence-electron chi connectivity index (χ1n) is 10.1. The van der Waals surface area contributed by atoms with E-state index in [2.05, 4.69) is 25.0 Å². The Kier molecular flexibility index (Phi) is 6.58. The van der Waals surface area contributed by atoms with Crippen LogP contribution in [0.2, 0.25) is 0 Å². The van der Waals surface area contributed by atoms with Gasteiger partial charge in [-0.25, -0.2) is 14.4 Å². The number of nitrogens with zero attached hydrogens (tertiary/aromatic N) is 4. The van der Waals surface area contributed by atoms with Crippen molar-refractivity contribution in [2.24, 2.45) is 5.16 Å². The van der Waals surface area contributed by atoms with Gasteiger partial charge in [0.2, 0.25) is 5.88 Å². The highest BCUT2D eigenvalue weighted by atomic mass is 19.1. The van der Waals surface area contributed by atoms with Crippen molar-refractivity contribution < 1.29 is 18.7 Å². The third-order valence-corrected chi connectivity index (χ3v) is 4.99. The number of anilines is 1. The number of ether oxygens (including phenoxy) is 2. The van der Waals surface area contributed by atoms with E-state index in [0.29, 0.717) is 23.1 Å². The molecule has 9 nitrogen and oxygen atoms in total. The molecule has 0 radical (unpaired) electrons. The smallest absolute Gasteiger partial charge is 0.233 e. The molecule has 0 bridgehead atoms. The minimum absolute atomic E-state index is 0.0330. The van der Waals surface area contributed by atoms with Crippen LogP contribution in [0.3, 0.4) is 0 Å². The lowest BCUT2D eigenvalue weighted by Gasteiger charge is -2.26. The number of fused-ring (bicyclic) bond motifs is 1. The number of morpholine rings is 1. The van der Waals surface area contributed by atoms with Crippen molar-refractivity contribution in [2.75, 3.05) is 45.2 Å². The Labute approximate surface area is 179 Å². The summed E-state index contributed by atoms with van der Waals surface area (Å²) in [5.41, 5.74) is 7.82. The second-order valence-corrected chi connectivity index (χ2v) is 7.25. The number of benzene rings is 1. The fourth-order valence-electron chi connectivity index (χ4n) is 3.39. The SMILES string of the molecule is Cc1cc2c(F)c(Oc3ncnc(N)c3/C=N/OCCCN3CCOCC3)ccc2[nH]1. The van der Waals surface area contributed by atoms with Crippen molar-refractivity contribution in [3.8, 4) is 11.6 Å². The maximum atomic E-state index is 14.9. The fraction of sp³-hybridized carbons (Fsp3) is 0.381. The van der Waals surface area contributed by atoms with E-state index in [-0.39, 0.29) is 17.4 Å². The van der Waals surface area contributed by atoms with Crippen molar-refractivity contribution >= 4 is 22.9 Å². The van der Waals surface area contributed by atoms with Crippen LogP contribution in [0.15, 0.2) is 29.7 Å². The van der Waals surface area contributed by atoms with Crippen LogP contribution in [0.1, 0.15) is 17.7 Å². The molecule has 2 aromatic heterocycles. The quantitative estimate of drug-likeness (QED) is 0.322. The number of nitrogens with one attached hydrogen (secondary N) is 1. The average molecular weight is 428 g/mol. The molecule has 1 aliphatic heterocycles. The Balaban J connectivity index is 1.40. The number of nitrogens with two attached hydrogens (primary N) is 1. The molecule has 1 fully saturated rings. The van der Waals surface area contributed by atoms with E-state index >= 15 is 0 Å². The van der Waals surface area contributed by atoms with Gasteiger partial charge in [0.05, 0.1) is 19.4 Å². The van der Waals surface area contributed by atoms with E-state index in [1.54, 1.807) is 12.1 Å². The van der Waals surface area contributed by atoms with Crippen molar-refractivity contribution in [1.82, 2.24) is 19.9 Å². The van der Waals surface area contributed by atoms with Gasteiger partial charge in [-0.3, -0.25) is 4.90 Å². The molecule has 164 valence electrons. The molecular formula is C21H25FN6O3. The number of rotatable bonds is 8. The van der Waals surface area contributed by atoms with E-state index < -0.39 is 5.82 Å². The summed E-state index contributed by atoms with van der Waals surface area (Å²) in [6, 6.07) is 5.00. The fourth-order valence-corrected chi connectivity index (χ4v) is 3.39. The Bertz CT molecular complexity index is 1060. The molecule has 1 aromatic carbocycles. The third-order valence-electron chi connectivity index (χ3n) is 4.99. The second kappa shape index (κ2) is 9.71. The zero-order valence-electron chi connectivity index (χ0n) is 17.3. The van der Waals surface area contributed by atoms with Crippen molar-refractivity contribution in [1.29, 1.82) is 0 Å². The Morgan fingerprint density at radius 2 is 2.16 bits per heavy atom. The number of halogens is 1. The van der Waals surface area contributed by atoms with Crippen LogP contribution in [0.4, 0.5) is 10.2 Å². The van der Waals surface area contributed by atoms with Crippen LogP contribution >= 0.6 is 0 Å². The molecule has 10 heteroatoms. The summed E-state index contributed by atoms with van der Waals surface area (Å²) < 4.78 is 25.9. The van der Waals surface area contributed by atoms with E-state index in [4.69, 9.17) is 20.0 Å². The van der Waals surface area contributed by atoms with Crippen LogP contribution < -0.4 is 10.5 Å². The number of aryl methyl sites for hydroxylation is 1. The lowest BCUT2D eigenvalue weighted by atomic mass is 10.2. The summed E-state index contributed by atoms with van der Waals surface area (Å²) >= 11 is 0. The van der Waals surface area contributed by atoms with Gasteiger partial charge in [0.1, 0.15) is 24.3 Å². The lowest BCUT2D eigenvalue weighted by Crippen LogP contribution is -2.37. The zero-order valence-corrected chi connectivity index (χ0v) is 17.3. The highest BCUT2D eigenvalue weighted by Crippen LogP contribution is 2.31. The van der Waals surface area contributed by atoms with Crippen molar-refractivity contribution in [3.05, 3.63) is 41.6 Å². The van der Waals surface area contributed by atoms with Gasteiger partial charge in [0, 0.05) is 36.2 Å². The van der Waals surface area contributed by atoms with Gasteiger partial charge < -0.3 is 25.0 Å². The molecule has 0 saturated carbocycles. The number of hydrogen-bond acceptors (Lipinski definition) is 8. The van der Waals surface area contributed by atoms with Crippen molar-refractivity contribution in [3.63, 3.8) is 0 Å². The van der Waals surface area contributed by atoms with E-state index in [0.717, 1.165) is 45.0 Å². The second-order valence-electron chi connectivity index (χ2n) is 7.25. The Morgan fingerprint density at radius 3 is 3.00 bits per heavy atom. The molecule has 1 saturated heterocycles. The highest BCUT2D eigenvalue weighted by molar-refractivity contribution is 5.88. The maximum Gasteiger partial charge on any atom is 0.233 e. The van der Waals surface area contributed by atoms with Gasteiger partial charge in [0.15, 0.2) is 11.6 Å².